The van der Waals surface area contributed by atoms with Crippen LogP contribution in [0.3, 0.4) is 0 Å². The average Bonchev–Trinajstić information content (AvgIpc) is 3.19. The predicted octanol–water partition coefficient (Wildman–Crippen LogP) is 4.25. The molecule has 2 aromatic rings. The van der Waals surface area contributed by atoms with Crippen LogP contribution >= 0.6 is 0 Å². The average molecular weight is 297 g/mol. The first kappa shape index (κ1) is 14.4. The molecule has 1 aromatic heterocycles. The summed E-state index contributed by atoms with van der Waals surface area (Å²) in [6.07, 6.45) is 9.66. The molecule has 1 aromatic carbocycles. The van der Waals surface area contributed by atoms with Crippen molar-refractivity contribution in [3.8, 4) is 5.75 Å². The van der Waals surface area contributed by atoms with Gasteiger partial charge in [0.25, 0.3) is 0 Å². The number of furan rings is 1. The smallest absolute Gasteiger partial charge is 0.248 e. The number of anilines is 1. The van der Waals surface area contributed by atoms with Crippen LogP contribution in [0.25, 0.3) is 6.08 Å². The maximum absolute atomic E-state index is 11.9. The number of hydrogen-bond acceptors (Lipinski definition) is 3. The highest BCUT2D eigenvalue weighted by molar-refractivity contribution is 6.01. The van der Waals surface area contributed by atoms with Gasteiger partial charge < -0.3 is 14.5 Å². The van der Waals surface area contributed by atoms with Crippen LogP contribution in [0.1, 0.15) is 31.4 Å². The molecule has 22 heavy (non-hydrogen) atoms. The number of carbonyl (C=O) groups excluding carboxylic acids is 1. The van der Waals surface area contributed by atoms with E-state index in [1.807, 2.05) is 24.3 Å². The minimum absolute atomic E-state index is 0.200. The Labute approximate surface area is 129 Å². The summed E-state index contributed by atoms with van der Waals surface area (Å²) >= 11 is 0. The fourth-order valence-electron chi connectivity index (χ4n) is 2.57. The number of hydrogen-bond donors (Lipinski definition) is 1. The highest BCUT2D eigenvalue weighted by Crippen LogP contribution is 2.25. The lowest BCUT2D eigenvalue weighted by atomic mass is 10.2. The summed E-state index contributed by atoms with van der Waals surface area (Å²) in [5, 5.41) is 2.82. The fourth-order valence-corrected chi connectivity index (χ4v) is 2.57. The lowest BCUT2D eigenvalue weighted by Crippen LogP contribution is -2.11. The second-order valence-corrected chi connectivity index (χ2v) is 5.39. The van der Waals surface area contributed by atoms with Gasteiger partial charge in [0.1, 0.15) is 11.5 Å². The summed E-state index contributed by atoms with van der Waals surface area (Å²) in [7, 11) is 0. The lowest BCUT2D eigenvalue weighted by Gasteiger charge is -2.13. The highest BCUT2D eigenvalue weighted by Gasteiger charge is 2.16. The van der Waals surface area contributed by atoms with Crippen LogP contribution in [0, 0.1) is 0 Å². The second-order valence-electron chi connectivity index (χ2n) is 5.39. The Bertz CT molecular complexity index is 640. The van der Waals surface area contributed by atoms with Gasteiger partial charge in [0.15, 0.2) is 0 Å². The third-order valence-corrected chi connectivity index (χ3v) is 3.65. The SMILES string of the molecule is O=C(/C=C/c1ccco1)Nc1cccc(OC2CCCC2)c1. The van der Waals surface area contributed by atoms with Gasteiger partial charge in [-0.3, -0.25) is 4.79 Å². The van der Waals surface area contributed by atoms with Gasteiger partial charge in [-0.25, -0.2) is 0 Å². The zero-order chi connectivity index (χ0) is 15.2. The van der Waals surface area contributed by atoms with Crippen molar-refractivity contribution in [3.05, 3.63) is 54.5 Å². The van der Waals surface area contributed by atoms with Gasteiger partial charge in [0.05, 0.1) is 12.4 Å². The van der Waals surface area contributed by atoms with Gasteiger partial charge in [0, 0.05) is 17.8 Å². The number of ether oxygens (including phenoxy) is 1. The molecule has 1 amide bonds. The third-order valence-electron chi connectivity index (χ3n) is 3.65. The zero-order valence-electron chi connectivity index (χ0n) is 12.3. The van der Waals surface area contributed by atoms with E-state index in [9.17, 15) is 4.79 Å². The Morgan fingerprint density at radius 1 is 1.23 bits per heavy atom. The van der Waals surface area contributed by atoms with Crippen molar-refractivity contribution in [3.63, 3.8) is 0 Å². The van der Waals surface area contributed by atoms with E-state index in [4.69, 9.17) is 9.15 Å². The van der Waals surface area contributed by atoms with Crippen LogP contribution in [-0.2, 0) is 4.79 Å². The first-order chi connectivity index (χ1) is 10.8. The van der Waals surface area contributed by atoms with Gasteiger partial charge in [-0.2, -0.15) is 0 Å². The molecule has 4 nitrogen and oxygen atoms in total. The van der Waals surface area contributed by atoms with Gasteiger partial charge >= 0.3 is 0 Å². The number of nitrogens with one attached hydrogen (secondary N) is 1. The summed E-state index contributed by atoms with van der Waals surface area (Å²) in [5.41, 5.74) is 0.726. The summed E-state index contributed by atoms with van der Waals surface area (Å²) in [5.74, 6) is 1.25. The fraction of sp³-hybridized carbons (Fsp3) is 0.278. The Morgan fingerprint density at radius 3 is 2.86 bits per heavy atom. The van der Waals surface area contributed by atoms with Gasteiger partial charge in [-0.05, 0) is 56.0 Å². The molecule has 1 N–H and O–H groups in total. The van der Waals surface area contributed by atoms with E-state index < -0.39 is 0 Å². The van der Waals surface area contributed by atoms with E-state index in [-0.39, 0.29) is 5.91 Å². The molecule has 1 aliphatic carbocycles. The molecule has 4 heteroatoms. The topological polar surface area (TPSA) is 51.5 Å². The maximum atomic E-state index is 11.9. The number of carbonyl (C=O) groups is 1. The molecule has 0 unspecified atom stereocenters. The molecular formula is C18H19NO3. The molecule has 0 bridgehead atoms. The minimum Gasteiger partial charge on any atom is -0.490 e. The van der Waals surface area contributed by atoms with Crippen molar-refractivity contribution < 1.29 is 13.9 Å². The van der Waals surface area contributed by atoms with Crippen LogP contribution in [0.5, 0.6) is 5.75 Å². The maximum Gasteiger partial charge on any atom is 0.248 e. The van der Waals surface area contributed by atoms with Crippen molar-refractivity contribution >= 4 is 17.7 Å². The minimum atomic E-state index is -0.200. The van der Waals surface area contributed by atoms with Crippen LogP contribution in [-0.4, -0.2) is 12.0 Å². The van der Waals surface area contributed by atoms with E-state index in [0.717, 1.165) is 24.3 Å². The largest absolute Gasteiger partial charge is 0.490 e. The summed E-state index contributed by atoms with van der Waals surface area (Å²) in [6.45, 7) is 0. The molecule has 1 heterocycles. The number of amides is 1. The van der Waals surface area contributed by atoms with Crippen LogP contribution in [0.15, 0.2) is 53.2 Å². The Kier molecular flexibility index (Phi) is 4.59. The molecule has 1 fully saturated rings. The molecule has 1 saturated carbocycles. The van der Waals surface area contributed by atoms with Crippen LogP contribution < -0.4 is 10.1 Å². The molecule has 1 aliphatic rings. The summed E-state index contributed by atoms with van der Waals surface area (Å²) in [4.78, 5) is 11.9. The molecule has 0 saturated heterocycles. The van der Waals surface area contributed by atoms with E-state index in [1.165, 1.54) is 18.9 Å². The van der Waals surface area contributed by atoms with Crippen molar-refractivity contribution in [1.29, 1.82) is 0 Å². The lowest BCUT2D eigenvalue weighted by molar-refractivity contribution is -0.111. The quantitative estimate of drug-likeness (QED) is 0.839. The zero-order valence-corrected chi connectivity index (χ0v) is 12.3. The van der Waals surface area contributed by atoms with Crippen LogP contribution in [0.2, 0.25) is 0 Å². The first-order valence-corrected chi connectivity index (χ1v) is 7.59. The highest BCUT2D eigenvalue weighted by atomic mass is 16.5. The van der Waals surface area contributed by atoms with Gasteiger partial charge in [-0.1, -0.05) is 6.07 Å². The molecule has 114 valence electrons. The Morgan fingerprint density at radius 2 is 2.09 bits per heavy atom. The van der Waals surface area contributed by atoms with E-state index >= 15 is 0 Å². The van der Waals surface area contributed by atoms with Crippen molar-refractivity contribution in [2.24, 2.45) is 0 Å². The van der Waals surface area contributed by atoms with E-state index in [0.29, 0.717) is 11.9 Å². The van der Waals surface area contributed by atoms with Crippen LogP contribution in [0.4, 0.5) is 5.69 Å². The Hall–Kier alpha value is -2.49. The van der Waals surface area contributed by atoms with E-state index in [2.05, 4.69) is 5.32 Å². The predicted molar refractivity (Wildman–Crippen MR) is 85.7 cm³/mol. The molecular weight excluding hydrogens is 278 g/mol. The van der Waals surface area contributed by atoms with Crippen molar-refractivity contribution in [1.82, 2.24) is 0 Å². The normalized spacial score (nSPS) is 15.3. The van der Waals surface area contributed by atoms with E-state index in [1.54, 1.807) is 24.5 Å². The first-order valence-electron chi connectivity index (χ1n) is 7.59. The summed E-state index contributed by atoms with van der Waals surface area (Å²) < 4.78 is 11.1. The van der Waals surface area contributed by atoms with Crippen molar-refractivity contribution in [2.75, 3.05) is 5.32 Å². The number of benzene rings is 1. The number of rotatable bonds is 5. The third kappa shape index (κ3) is 4.01. The molecule has 0 aliphatic heterocycles. The van der Waals surface area contributed by atoms with Gasteiger partial charge in [0.2, 0.25) is 5.91 Å². The van der Waals surface area contributed by atoms with Gasteiger partial charge in [-0.15, -0.1) is 0 Å². The molecule has 3 rings (SSSR count). The monoisotopic (exact) mass is 297 g/mol. The standard InChI is InChI=1S/C18H19NO3/c20-18(11-10-15-9-4-12-21-15)19-14-5-3-8-17(13-14)22-16-6-1-2-7-16/h3-5,8-13,16H,1-2,6-7H2,(H,19,20)/b11-10+. The molecule has 0 atom stereocenters. The Balaban J connectivity index is 1.58. The second kappa shape index (κ2) is 6.98. The van der Waals surface area contributed by atoms with Crippen molar-refractivity contribution in [2.45, 2.75) is 31.8 Å². The summed E-state index contributed by atoms with van der Waals surface area (Å²) in [6, 6.07) is 11.1. The molecule has 0 radical (unpaired) electrons. The molecule has 0 spiro atoms.